The van der Waals surface area contributed by atoms with Crippen molar-refractivity contribution < 1.29 is 27.4 Å². The maximum atomic E-state index is 13.4. The van der Waals surface area contributed by atoms with E-state index < -0.39 is 52.1 Å². The number of fused-ring (bicyclic) bond motifs is 2. The minimum absolute atomic E-state index is 0.0755. The highest BCUT2D eigenvalue weighted by atomic mass is 35.5. The summed E-state index contributed by atoms with van der Waals surface area (Å²) in [4.78, 5) is 17.6. The summed E-state index contributed by atoms with van der Waals surface area (Å²) in [5, 5.41) is 3.47. The third kappa shape index (κ3) is 2.34. The number of carbonyl (C=O) groups excluding carboxylic acids is 1. The van der Waals surface area contributed by atoms with E-state index in [1.165, 1.54) is 11.0 Å². The van der Waals surface area contributed by atoms with E-state index in [9.17, 15) is 18.0 Å². The summed E-state index contributed by atoms with van der Waals surface area (Å²) in [7, 11) is 0. The zero-order chi connectivity index (χ0) is 20.8. The molecule has 4 fully saturated rings. The van der Waals surface area contributed by atoms with Gasteiger partial charge in [0.2, 0.25) is 5.91 Å². The van der Waals surface area contributed by atoms with Crippen molar-refractivity contribution in [1.29, 1.82) is 0 Å². The Morgan fingerprint density at radius 3 is 2.86 bits per heavy atom. The van der Waals surface area contributed by atoms with Gasteiger partial charge >= 0.3 is 6.18 Å². The summed E-state index contributed by atoms with van der Waals surface area (Å²) >= 11 is 5.73. The number of anilines is 1. The average molecular weight is 429 g/mol. The lowest BCUT2D eigenvalue weighted by Gasteiger charge is -2.44. The molecule has 0 radical (unpaired) electrons. The summed E-state index contributed by atoms with van der Waals surface area (Å²) in [6.07, 6.45) is -4.60. The van der Waals surface area contributed by atoms with Gasteiger partial charge in [0.25, 0.3) is 0 Å². The van der Waals surface area contributed by atoms with Crippen LogP contribution >= 0.6 is 11.6 Å². The maximum Gasteiger partial charge on any atom is 0.417 e. The third-order valence-corrected chi connectivity index (χ3v) is 7.07. The van der Waals surface area contributed by atoms with Crippen molar-refractivity contribution in [3.05, 3.63) is 39.2 Å². The van der Waals surface area contributed by atoms with Crippen LogP contribution < -0.4 is 4.90 Å². The summed E-state index contributed by atoms with van der Waals surface area (Å²) in [6, 6.07) is 2.95. The lowest BCUT2D eigenvalue weighted by atomic mass is 9.64. The molecule has 5 rings (SSSR count). The molecule has 0 saturated carbocycles. The van der Waals surface area contributed by atoms with E-state index in [4.69, 9.17) is 26.6 Å². The molecule has 4 aliphatic heterocycles. The Morgan fingerprint density at radius 1 is 1.41 bits per heavy atom. The van der Waals surface area contributed by atoms with Crippen molar-refractivity contribution in [3.8, 4) is 0 Å². The first kappa shape index (κ1) is 19.0. The SMILES string of the molecule is C[C@@]12C[C@H](N=[N+]=[N-])[C@]3(CCO[C@H]4[C@@H]3[C@@H]1C(=O)N4c1ccc(Cl)c(C(F)(F)F)c1)O2. The van der Waals surface area contributed by atoms with Gasteiger partial charge in [-0.2, -0.15) is 13.2 Å². The highest BCUT2D eigenvalue weighted by Crippen LogP contribution is 2.66. The molecule has 0 N–H and O–H groups in total. The summed E-state index contributed by atoms with van der Waals surface area (Å²) in [6.45, 7) is 2.04. The highest BCUT2D eigenvalue weighted by Gasteiger charge is 2.78. The molecule has 0 aromatic heterocycles. The van der Waals surface area contributed by atoms with Crippen LogP contribution in [0.5, 0.6) is 0 Å². The first-order chi connectivity index (χ1) is 13.6. The third-order valence-electron chi connectivity index (χ3n) is 6.74. The Balaban J connectivity index is 1.62. The molecule has 1 spiro atoms. The molecule has 0 aliphatic carbocycles. The van der Waals surface area contributed by atoms with Gasteiger partial charge in [0.15, 0.2) is 0 Å². The Hall–Kier alpha value is -2.00. The van der Waals surface area contributed by atoms with Crippen molar-refractivity contribution in [1.82, 2.24) is 0 Å². The second kappa shape index (κ2) is 5.78. The lowest BCUT2D eigenvalue weighted by Crippen LogP contribution is -2.56. The molecule has 1 aromatic carbocycles. The number of ether oxygens (including phenoxy) is 2. The van der Waals surface area contributed by atoms with Gasteiger partial charge in [0, 0.05) is 22.9 Å². The van der Waals surface area contributed by atoms with Crippen LogP contribution in [0.1, 0.15) is 25.3 Å². The smallest absolute Gasteiger partial charge is 0.367 e. The molecule has 11 heteroatoms. The molecule has 1 amide bonds. The van der Waals surface area contributed by atoms with Crippen LogP contribution in [0.2, 0.25) is 5.02 Å². The topological polar surface area (TPSA) is 87.5 Å². The van der Waals surface area contributed by atoms with Crippen LogP contribution in [-0.4, -0.2) is 36.0 Å². The second-order valence-corrected chi connectivity index (χ2v) is 8.59. The fourth-order valence-electron chi connectivity index (χ4n) is 5.76. The van der Waals surface area contributed by atoms with Crippen LogP contribution in [-0.2, 0) is 20.4 Å². The zero-order valence-electron chi connectivity index (χ0n) is 15.2. The molecule has 4 heterocycles. The monoisotopic (exact) mass is 428 g/mol. The first-order valence-corrected chi connectivity index (χ1v) is 9.56. The van der Waals surface area contributed by atoms with Gasteiger partial charge in [0.05, 0.1) is 40.4 Å². The molecule has 2 bridgehead atoms. The maximum absolute atomic E-state index is 13.4. The molecule has 7 nitrogen and oxygen atoms in total. The molecule has 4 saturated heterocycles. The van der Waals surface area contributed by atoms with Crippen LogP contribution in [0.3, 0.4) is 0 Å². The van der Waals surface area contributed by atoms with E-state index in [1.807, 2.05) is 0 Å². The minimum Gasteiger partial charge on any atom is -0.367 e. The quantitative estimate of drug-likeness (QED) is 0.400. The van der Waals surface area contributed by atoms with Gasteiger partial charge in [-0.3, -0.25) is 9.69 Å². The number of hydrogen-bond acceptors (Lipinski definition) is 4. The largest absolute Gasteiger partial charge is 0.417 e. The number of azide groups is 1. The molecule has 6 atom stereocenters. The van der Waals surface area contributed by atoms with E-state index in [0.717, 1.165) is 12.1 Å². The number of halogens is 4. The highest BCUT2D eigenvalue weighted by molar-refractivity contribution is 6.31. The van der Waals surface area contributed by atoms with Crippen molar-refractivity contribution in [2.24, 2.45) is 17.0 Å². The molecule has 0 unspecified atom stereocenters. The molecular formula is C18H16ClF3N4O3. The number of amides is 1. The fourth-order valence-corrected chi connectivity index (χ4v) is 5.98. The van der Waals surface area contributed by atoms with Crippen LogP contribution in [0, 0.1) is 11.8 Å². The van der Waals surface area contributed by atoms with Gasteiger partial charge in [-0.25, -0.2) is 0 Å². The van der Waals surface area contributed by atoms with E-state index in [2.05, 4.69) is 10.0 Å². The number of carbonyl (C=O) groups is 1. The van der Waals surface area contributed by atoms with Crippen LogP contribution in [0.25, 0.3) is 10.4 Å². The molecule has 29 heavy (non-hydrogen) atoms. The molecule has 154 valence electrons. The lowest BCUT2D eigenvalue weighted by molar-refractivity contribution is -0.142. The standard InChI is InChI=1S/C18H16ClF3N4O3/c1-16-7-11(24-25-23)17(29-16)4-5-28-15-13(17)12(16)14(27)26(15)8-2-3-10(19)9(6-8)18(20,21)22/h2-3,6,11-13,15H,4-5,7H2,1H3/t11-,12+,13-,15-,16+,17-/m0/s1. The summed E-state index contributed by atoms with van der Waals surface area (Å²) in [5.41, 5.74) is 6.32. The number of benzene rings is 1. The Bertz CT molecular complexity index is 968. The Labute approximate surface area is 168 Å². The average Bonchev–Trinajstić information content (AvgIpc) is 3.19. The van der Waals surface area contributed by atoms with Crippen molar-refractivity contribution >= 4 is 23.2 Å². The number of alkyl halides is 3. The van der Waals surface area contributed by atoms with Gasteiger partial charge in [0.1, 0.15) is 6.23 Å². The molecular weight excluding hydrogens is 413 g/mol. The van der Waals surface area contributed by atoms with Crippen molar-refractivity contribution in [2.45, 2.75) is 49.4 Å². The first-order valence-electron chi connectivity index (χ1n) is 9.18. The van der Waals surface area contributed by atoms with Gasteiger partial charge < -0.3 is 9.47 Å². The summed E-state index contributed by atoms with van der Waals surface area (Å²) < 4.78 is 52.2. The van der Waals surface area contributed by atoms with Crippen molar-refractivity contribution in [2.75, 3.05) is 11.5 Å². The van der Waals surface area contributed by atoms with Crippen molar-refractivity contribution in [3.63, 3.8) is 0 Å². The van der Waals surface area contributed by atoms with E-state index in [1.54, 1.807) is 6.92 Å². The predicted molar refractivity (Wildman–Crippen MR) is 95.0 cm³/mol. The molecule has 4 aliphatic rings. The van der Waals surface area contributed by atoms with Gasteiger partial charge in [-0.05, 0) is 37.1 Å². The van der Waals surface area contributed by atoms with E-state index >= 15 is 0 Å². The number of rotatable bonds is 2. The zero-order valence-corrected chi connectivity index (χ0v) is 15.9. The Kier molecular flexibility index (Phi) is 3.79. The number of hydrogen-bond donors (Lipinski definition) is 0. The van der Waals surface area contributed by atoms with E-state index in [0.29, 0.717) is 12.8 Å². The normalized spacial score (nSPS) is 40.2. The fraction of sp³-hybridized carbons (Fsp3) is 0.611. The van der Waals surface area contributed by atoms with Gasteiger partial charge in [-0.1, -0.05) is 16.7 Å². The van der Waals surface area contributed by atoms with Crippen LogP contribution in [0.4, 0.5) is 18.9 Å². The minimum atomic E-state index is -4.65. The number of nitrogens with zero attached hydrogens (tertiary/aromatic N) is 4. The molecule has 1 aromatic rings. The van der Waals surface area contributed by atoms with E-state index in [-0.39, 0.29) is 18.2 Å². The van der Waals surface area contributed by atoms with Gasteiger partial charge in [-0.15, -0.1) is 0 Å². The van der Waals surface area contributed by atoms with Crippen LogP contribution in [0.15, 0.2) is 23.3 Å². The predicted octanol–water partition coefficient (Wildman–Crippen LogP) is 4.29. The second-order valence-electron chi connectivity index (χ2n) is 8.18. The Morgan fingerprint density at radius 2 is 2.17 bits per heavy atom. The summed E-state index contributed by atoms with van der Waals surface area (Å²) in [5.74, 6) is -1.35.